The van der Waals surface area contributed by atoms with Crippen LogP contribution in [0.2, 0.25) is 0 Å². The van der Waals surface area contributed by atoms with E-state index in [1.54, 1.807) is 24.3 Å². The molecule has 0 unspecified atom stereocenters. The van der Waals surface area contributed by atoms with Gasteiger partial charge in [0.05, 0.1) is 0 Å². The average molecular weight is 255 g/mol. The number of anilines is 1. The standard InChI is InChI=1S/C16H17NO2/c18-14-5-9-16(10-6-14)19-15-7-3-13(4-8-15)17-11-12-1-2-12/h3-10,12,17-18H,1-2,11H2. The number of rotatable bonds is 5. The summed E-state index contributed by atoms with van der Waals surface area (Å²) in [4.78, 5) is 0. The second-order valence-corrected chi connectivity index (χ2v) is 4.94. The summed E-state index contributed by atoms with van der Waals surface area (Å²) in [6.07, 6.45) is 2.71. The van der Waals surface area contributed by atoms with Crippen molar-refractivity contribution in [2.45, 2.75) is 12.8 Å². The normalized spacial score (nSPS) is 14.1. The van der Waals surface area contributed by atoms with Gasteiger partial charge in [-0.25, -0.2) is 0 Å². The molecule has 3 nitrogen and oxygen atoms in total. The highest BCUT2D eigenvalue weighted by Crippen LogP contribution is 2.29. The summed E-state index contributed by atoms with van der Waals surface area (Å²) in [5.41, 5.74) is 1.13. The summed E-state index contributed by atoms with van der Waals surface area (Å²) in [7, 11) is 0. The van der Waals surface area contributed by atoms with E-state index in [-0.39, 0.29) is 5.75 Å². The first-order valence-electron chi connectivity index (χ1n) is 6.60. The maximum atomic E-state index is 9.20. The van der Waals surface area contributed by atoms with Crippen molar-refractivity contribution in [3.05, 3.63) is 48.5 Å². The number of aromatic hydroxyl groups is 1. The molecule has 2 N–H and O–H groups in total. The van der Waals surface area contributed by atoms with Crippen LogP contribution in [0.5, 0.6) is 17.2 Å². The number of phenols is 1. The van der Waals surface area contributed by atoms with E-state index in [1.807, 2.05) is 24.3 Å². The monoisotopic (exact) mass is 255 g/mol. The fraction of sp³-hybridized carbons (Fsp3) is 0.250. The molecule has 1 aliphatic carbocycles. The van der Waals surface area contributed by atoms with Gasteiger partial charge in [-0.3, -0.25) is 0 Å². The Labute approximate surface area is 112 Å². The number of phenolic OH excluding ortho intramolecular Hbond substituents is 1. The van der Waals surface area contributed by atoms with Gasteiger partial charge in [0.25, 0.3) is 0 Å². The summed E-state index contributed by atoms with van der Waals surface area (Å²) in [6.45, 7) is 1.07. The molecule has 1 saturated carbocycles. The lowest BCUT2D eigenvalue weighted by molar-refractivity contribution is 0.464. The van der Waals surface area contributed by atoms with Crippen molar-refractivity contribution in [3.8, 4) is 17.2 Å². The zero-order valence-electron chi connectivity index (χ0n) is 10.7. The Kier molecular flexibility index (Phi) is 3.27. The van der Waals surface area contributed by atoms with E-state index < -0.39 is 0 Å². The Balaban J connectivity index is 1.59. The summed E-state index contributed by atoms with van der Waals surface area (Å²) in [5, 5.41) is 12.6. The van der Waals surface area contributed by atoms with Crippen LogP contribution in [-0.4, -0.2) is 11.7 Å². The molecule has 0 heterocycles. The largest absolute Gasteiger partial charge is 0.508 e. The summed E-state index contributed by atoms with van der Waals surface area (Å²) >= 11 is 0. The van der Waals surface area contributed by atoms with Gasteiger partial charge < -0.3 is 15.2 Å². The van der Waals surface area contributed by atoms with E-state index in [4.69, 9.17) is 4.74 Å². The molecular weight excluding hydrogens is 238 g/mol. The van der Waals surface area contributed by atoms with Crippen molar-refractivity contribution in [2.75, 3.05) is 11.9 Å². The molecule has 3 rings (SSSR count). The molecule has 0 aliphatic heterocycles. The third-order valence-corrected chi connectivity index (χ3v) is 3.22. The minimum absolute atomic E-state index is 0.243. The number of hydrogen-bond acceptors (Lipinski definition) is 3. The van der Waals surface area contributed by atoms with Crippen LogP contribution in [0.4, 0.5) is 5.69 Å². The lowest BCUT2D eigenvalue weighted by Crippen LogP contribution is -2.02. The van der Waals surface area contributed by atoms with Gasteiger partial charge in [0.2, 0.25) is 0 Å². The Hall–Kier alpha value is -2.16. The third-order valence-electron chi connectivity index (χ3n) is 3.22. The van der Waals surface area contributed by atoms with Gasteiger partial charge in [-0.05, 0) is 67.3 Å². The molecule has 98 valence electrons. The predicted octanol–water partition coefficient (Wildman–Crippen LogP) is 4.01. The molecule has 1 fully saturated rings. The van der Waals surface area contributed by atoms with Crippen molar-refractivity contribution < 1.29 is 9.84 Å². The second kappa shape index (κ2) is 5.22. The highest BCUT2D eigenvalue weighted by Gasteiger charge is 2.20. The van der Waals surface area contributed by atoms with Gasteiger partial charge >= 0.3 is 0 Å². The first-order chi connectivity index (χ1) is 9.29. The minimum Gasteiger partial charge on any atom is -0.508 e. The van der Waals surface area contributed by atoms with E-state index in [0.29, 0.717) is 0 Å². The van der Waals surface area contributed by atoms with Crippen LogP contribution >= 0.6 is 0 Å². The van der Waals surface area contributed by atoms with E-state index in [9.17, 15) is 5.11 Å². The SMILES string of the molecule is Oc1ccc(Oc2ccc(NCC3CC3)cc2)cc1. The quantitative estimate of drug-likeness (QED) is 0.848. The summed E-state index contributed by atoms with van der Waals surface area (Å²) < 4.78 is 5.69. The van der Waals surface area contributed by atoms with Crippen molar-refractivity contribution in [3.63, 3.8) is 0 Å². The first kappa shape index (κ1) is 11.9. The van der Waals surface area contributed by atoms with Crippen LogP contribution in [0.1, 0.15) is 12.8 Å². The zero-order valence-corrected chi connectivity index (χ0v) is 10.7. The van der Waals surface area contributed by atoms with Crippen LogP contribution in [-0.2, 0) is 0 Å². The molecule has 0 radical (unpaired) electrons. The van der Waals surface area contributed by atoms with Crippen molar-refractivity contribution in [2.24, 2.45) is 5.92 Å². The second-order valence-electron chi connectivity index (χ2n) is 4.94. The van der Waals surface area contributed by atoms with Crippen molar-refractivity contribution >= 4 is 5.69 Å². The van der Waals surface area contributed by atoms with Gasteiger partial charge in [-0.1, -0.05) is 0 Å². The fourth-order valence-electron chi connectivity index (χ4n) is 1.88. The number of hydrogen-bond donors (Lipinski definition) is 2. The number of ether oxygens (including phenoxy) is 1. The molecule has 19 heavy (non-hydrogen) atoms. The fourth-order valence-corrected chi connectivity index (χ4v) is 1.88. The molecular formula is C16H17NO2. The Morgan fingerprint density at radius 1 is 0.947 bits per heavy atom. The number of nitrogens with one attached hydrogen (secondary N) is 1. The minimum atomic E-state index is 0.243. The smallest absolute Gasteiger partial charge is 0.127 e. The summed E-state index contributed by atoms with van der Waals surface area (Å²) in [6, 6.07) is 14.7. The van der Waals surface area contributed by atoms with Crippen LogP contribution in [0.25, 0.3) is 0 Å². The molecule has 0 atom stereocenters. The average Bonchev–Trinajstić information content (AvgIpc) is 3.25. The van der Waals surface area contributed by atoms with E-state index in [0.717, 1.165) is 29.6 Å². The van der Waals surface area contributed by atoms with Crippen LogP contribution < -0.4 is 10.1 Å². The van der Waals surface area contributed by atoms with E-state index in [1.165, 1.54) is 12.8 Å². The van der Waals surface area contributed by atoms with Gasteiger partial charge in [-0.2, -0.15) is 0 Å². The van der Waals surface area contributed by atoms with Gasteiger partial charge in [0.15, 0.2) is 0 Å². The van der Waals surface area contributed by atoms with Gasteiger partial charge in [-0.15, -0.1) is 0 Å². The van der Waals surface area contributed by atoms with Crippen LogP contribution in [0.3, 0.4) is 0 Å². The lowest BCUT2D eigenvalue weighted by atomic mass is 10.3. The highest BCUT2D eigenvalue weighted by molar-refractivity contribution is 5.47. The highest BCUT2D eigenvalue weighted by atomic mass is 16.5. The first-order valence-corrected chi connectivity index (χ1v) is 6.60. The molecule has 0 saturated heterocycles. The third kappa shape index (κ3) is 3.41. The van der Waals surface area contributed by atoms with Crippen LogP contribution in [0, 0.1) is 5.92 Å². The summed E-state index contributed by atoms with van der Waals surface area (Å²) in [5.74, 6) is 2.62. The Bertz CT molecular complexity index is 530. The molecule has 0 bridgehead atoms. The van der Waals surface area contributed by atoms with Crippen LogP contribution in [0.15, 0.2) is 48.5 Å². The maximum absolute atomic E-state index is 9.20. The van der Waals surface area contributed by atoms with Crippen molar-refractivity contribution in [1.82, 2.24) is 0 Å². The molecule has 0 aromatic heterocycles. The van der Waals surface area contributed by atoms with Crippen molar-refractivity contribution in [1.29, 1.82) is 0 Å². The Morgan fingerprint density at radius 2 is 1.53 bits per heavy atom. The molecule has 2 aromatic rings. The maximum Gasteiger partial charge on any atom is 0.127 e. The zero-order chi connectivity index (χ0) is 13.1. The number of benzene rings is 2. The molecule has 1 aliphatic rings. The van der Waals surface area contributed by atoms with E-state index >= 15 is 0 Å². The predicted molar refractivity (Wildman–Crippen MR) is 75.8 cm³/mol. The molecule has 0 spiro atoms. The molecule has 2 aromatic carbocycles. The lowest BCUT2D eigenvalue weighted by Gasteiger charge is -2.08. The van der Waals surface area contributed by atoms with Gasteiger partial charge in [0, 0.05) is 12.2 Å². The topological polar surface area (TPSA) is 41.5 Å². The Morgan fingerprint density at radius 3 is 2.11 bits per heavy atom. The molecule has 3 heteroatoms. The van der Waals surface area contributed by atoms with E-state index in [2.05, 4.69) is 5.32 Å². The molecule has 0 amide bonds. The van der Waals surface area contributed by atoms with Gasteiger partial charge in [0.1, 0.15) is 17.2 Å².